The van der Waals surface area contributed by atoms with Gasteiger partial charge in [0.15, 0.2) is 0 Å². The Balaban J connectivity index is 1.44. The van der Waals surface area contributed by atoms with Crippen molar-refractivity contribution < 1.29 is 13.2 Å². The first-order chi connectivity index (χ1) is 14.8. The number of carbonyl (C=O) groups is 1. The molecule has 2 aromatic carbocycles. The number of sulfonamides is 1. The van der Waals surface area contributed by atoms with Crippen molar-refractivity contribution >= 4 is 48.9 Å². The summed E-state index contributed by atoms with van der Waals surface area (Å²) in [4.78, 5) is 17.2. The maximum Gasteiger partial charge on any atom is 0.243 e. The van der Waals surface area contributed by atoms with Crippen LogP contribution in [-0.4, -0.2) is 43.2 Å². The van der Waals surface area contributed by atoms with E-state index in [1.807, 2.05) is 32.0 Å². The minimum Gasteiger partial charge on any atom is -0.376 e. The van der Waals surface area contributed by atoms with Gasteiger partial charge in [-0.2, -0.15) is 4.31 Å². The molecule has 0 bridgehead atoms. The van der Waals surface area contributed by atoms with Gasteiger partial charge in [-0.3, -0.25) is 4.79 Å². The number of nitrogens with one attached hydrogen (secondary N) is 2. The summed E-state index contributed by atoms with van der Waals surface area (Å²) < 4.78 is 28.5. The minimum atomic E-state index is -3.55. The lowest BCUT2D eigenvalue weighted by atomic mass is 10.2. The van der Waals surface area contributed by atoms with E-state index in [0.717, 1.165) is 45.7 Å². The molecule has 31 heavy (non-hydrogen) atoms. The number of aryl methyl sites for hydroxylation is 2. The lowest BCUT2D eigenvalue weighted by molar-refractivity contribution is -0.114. The van der Waals surface area contributed by atoms with E-state index < -0.39 is 10.0 Å². The average Bonchev–Trinajstić information content (AvgIpc) is 3.13. The van der Waals surface area contributed by atoms with Crippen molar-refractivity contribution in [2.24, 2.45) is 0 Å². The number of hydrogen-bond donors (Lipinski definition) is 2. The average molecular weight is 459 g/mol. The second-order valence-electron chi connectivity index (χ2n) is 7.76. The van der Waals surface area contributed by atoms with Gasteiger partial charge in [0, 0.05) is 24.5 Å². The van der Waals surface area contributed by atoms with Gasteiger partial charge in [-0.15, -0.1) is 11.3 Å². The molecule has 0 unspecified atom stereocenters. The summed E-state index contributed by atoms with van der Waals surface area (Å²) in [5.41, 5.74) is 3.11. The second-order valence-corrected chi connectivity index (χ2v) is 10.9. The lowest BCUT2D eigenvalue weighted by Crippen LogP contribution is -2.35. The van der Waals surface area contributed by atoms with Crippen molar-refractivity contribution in [2.45, 2.75) is 38.0 Å². The predicted molar refractivity (Wildman–Crippen MR) is 125 cm³/mol. The van der Waals surface area contributed by atoms with E-state index in [9.17, 15) is 13.2 Å². The van der Waals surface area contributed by atoms with Crippen LogP contribution < -0.4 is 10.6 Å². The number of fused-ring (bicyclic) bond motifs is 1. The highest BCUT2D eigenvalue weighted by molar-refractivity contribution is 7.89. The minimum absolute atomic E-state index is 0.0752. The summed E-state index contributed by atoms with van der Waals surface area (Å²) in [6.45, 7) is 4.98. The van der Waals surface area contributed by atoms with Gasteiger partial charge in [0.1, 0.15) is 0 Å². The molecule has 1 aromatic heterocycles. The van der Waals surface area contributed by atoms with Gasteiger partial charge in [-0.1, -0.05) is 12.5 Å². The van der Waals surface area contributed by atoms with E-state index in [1.54, 1.807) is 29.5 Å². The first-order valence-corrected chi connectivity index (χ1v) is 12.6. The van der Waals surface area contributed by atoms with Crippen molar-refractivity contribution in [3.63, 3.8) is 0 Å². The number of anilines is 2. The van der Waals surface area contributed by atoms with Crippen molar-refractivity contribution in [3.05, 3.63) is 47.0 Å². The number of carbonyl (C=O) groups excluding carboxylic acids is 1. The molecule has 0 spiro atoms. The Labute approximate surface area is 186 Å². The highest BCUT2D eigenvalue weighted by Crippen LogP contribution is 2.26. The molecule has 3 aromatic rings. The van der Waals surface area contributed by atoms with E-state index in [4.69, 9.17) is 0 Å². The topological polar surface area (TPSA) is 91.4 Å². The number of thiazole rings is 1. The molecular formula is C22H26N4O3S2. The van der Waals surface area contributed by atoms with Crippen LogP contribution in [0.2, 0.25) is 0 Å². The molecule has 4 rings (SSSR count). The molecule has 1 saturated heterocycles. The van der Waals surface area contributed by atoms with Crippen molar-refractivity contribution in [2.75, 3.05) is 30.3 Å². The molecule has 0 atom stereocenters. The molecule has 0 aliphatic carbocycles. The van der Waals surface area contributed by atoms with Gasteiger partial charge in [0.2, 0.25) is 15.9 Å². The van der Waals surface area contributed by atoms with Gasteiger partial charge >= 0.3 is 0 Å². The first-order valence-electron chi connectivity index (χ1n) is 10.3. The Bertz CT molecular complexity index is 1210. The lowest BCUT2D eigenvalue weighted by Gasteiger charge is -2.26. The Kier molecular flexibility index (Phi) is 6.27. The SMILES string of the molecule is Cc1nc2ccc(NCC(=O)Nc3cc(S(=O)(=O)N4CCCCC4)ccc3C)cc2s1. The van der Waals surface area contributed by atoms with E-state index in [0.29, 0.717) is 18.8 Å². The third-order valence-corrected chi connectivity index (χ3v) is 8.21. The molecule has 164 valence electrons. The third-order valence-electron chi connectivity index (χ3n) is 5.38. The molecule has 1 aliphatic rings. The molecule has 2 heterocycles. The van der Waals surface area contributed by atoms with Crippen LogP contribution in [0.5, 0.6) is 0 Å². The molecule has 0 saturated carbocycles. The van der Waals surface area contributed by atoms with Crippen LogP contribution in [-0.2, 0) is 14.8 Å². The molecule has 7 nitrogen and oxygen atoms in total. The Morgan fingerprint density at radius 3 is 2.65 bits per heavy atom. The Morgan fingerprint density at radius 1 is 1.10 bits per heavy atom. The van der Waals surface area contributed by atoms with Crippen molar-refractivity contribution in [1.29, 1.82) is 0 Å². The van der Waals surface area contributed by atoms with E-state index in [1.165, 1.54) is 4.31 Å². The van der Waals surface area contributed by atoms with Crippen LogP contribution in [0, 0.1) is 13.8 Å². The summed E-state index contributed by atoms with van der Waals surface area (Å²) in [5, 5.41) is 6.97. The maximum atomic E-state index is 13.0. The van der Waals surface area contributed by atoms with Gasteiger partial charge in [-0.25, -0.2) is 13.4 Å². The zero-order valence-corrected chi connectivity index (χ0v) is 19.3. The number of benzene rings is 2. The highest BCUT2D eigenvalue weighted by atomic mass is 32.2. The number of amides is 1. The van der Waals surface area contributed by atoms with E-state index in [-0.39, 0.29) is 17.3 Å². The fourth-order valence-electron chi connectivity index (χ4n) is 3.68. The smallest absolute Gasteiger partial charge is 0.243 e. The summed E-state index contributed by atoms with van der Waals surface area (Å²) in [7, 11) is -3.55. The van der Waals surface area contributed by atoms with Gasteiger partial charge in [-0.05, 0) is 62.6 Å². The number of aromatic nitrogens is 1. The van der Waals surface area contributed by atoms with Crippen LogP contribution in [0.1, 0.15) is 29.8 Å². The summed E-state index contributed by atoms with van der Waals surface area (Å²) >= 11 is 1.61. The van der Waals surface area contributed by atoms with Crippen LogP contribution >= 0.6 is 11.3 Å². The number of hydrogen-bond acceptors (Lipinski definition) is 6. The van der Waals surface area contributed by atoms with Crippen LogP contribution in [0.15, 0.2) is 41.3 Å². The van der Waals surface area contributed by atoms with Gasteiger partial charge in [0.25, 0.3) is 0 Å². The first kappa shape index (κ1) is 21.7. The molecule has 9 heteroatoms. The molecule has 1 aliphatic heterocycles. The molecular weight excluding hydrogens is 432 g/mol. The van der Waals surface area contributed by atoms with Crippen LogP contribution in [0.3, 0.4) is 0 Å². The Morgan fingerprint density at radius 2 is 1.87 bits per heavy atom. The van der Waals surface area contributed by atoms with E-state index in [2.05, 4.69) is 15.6 Å². The second kappa shape index (κ2) is 8.94. The largest absolute Gasteiger partial charge is 0.376 e. The fourth-order valence-corrected chi connectivity index (χ4v) is 6.09. The van der Waals surface area contributed by atoms with E-state index >= 15 is 0 Å². The monoisotopic (exact) mass is 458 g/mol. The van der Waals surface area contributed by atoms with Crippen molar-refractivity contribution in [1.82, 2.24) is 9.29 Å². The zero-order chi connectivity index (χ0) is 22.0. The maximum absolute atomic E-state index is 13.0. The zero-order valence-electron chi connectivity index (χ0n) is 17.6. The molecule has 1 amide bonds. The summed E-state index contributed by atoms with van der Waals surface area (Å²) in [5.74, 6) is -0.240. The van der Waals surface area contributed by atoms with Crippen molar-refractivity contribution in [3.8, 4) is 0 Å². The highest BCUT2D eigenvalue weighted by Gasteiger charge is 2.26. The van der Waals surface area contributed by atoms with Crippen LogP contribution in [0.4, 0.5) is 11.4 Å². The predicted octanol–water partition coefficient (Wildman–Crippen LogP) is 4.14. The molecule has 0 radical (unpaired) electrons. The quantitative estimate of drug-likeness (QED) is 0.579. The van der Waals surface area contributed by atoms with Gasteiger partial charge in [0.05, 0.1) is 26.7 Å². The molecule has 2 N–H and O–H groups in total. The van der Waals surface area contributed by atoms with Gasteiger partial charge < -0.3 is 10.6 Å². The number of piperidine rings is 1. The number of nitrogens with zero attached hydrogens (tertiary/aromatic N) is 2. The number of rotatable bonds is 6. The molecule has 1 fully saturated rings. The normalized spacial score (nSPS) is 15.2. The third kappa shape index (κ3) is 4.89. The Hall–Kier alpha value is -2.49. The fraction of sp³-hybridized carbons (Fsp3) is 0.364. The summed E-state index contributed by atoms with van der Waals surface area (Å²) in [6, 6.07) is 10.7. The standard InChI is InChI=1S/C22H26N4O3S2/c1-15-6-8-18(31(28,29)26-10-4-3-5-11-26)13-20(15)25-22(27)14-23-17-7-9-19-21(12-17)30-16(2)24-19/h6-9,12-13,23H,3-5,10-11,14H2,1-2H3,(H,25,27). The summed E-state index contributed by atoms with van der Waals surface area (Å²) in [6.07, 6.45) is 2.82. The van der Waals surface area contributed by atoms with Crippen LogP contribution in [0.25, 0.3) is 10.2 Å².